The largest absolute Gasteiger partial charge is 0.309 e. The van der Waals surface area contributed by atoms with E-state index in [2.05, 4.69) is 428 Å². The van der Waals surface area contributed by atoms with Gasteiger partial charge in [0.25, 0.3) is 0 Å². The second-order valence-corrected chi connectivity index (χ2v) is 36.3. The first kappa shape index (κ1) is 81.0. The Bertz CT molecular complexity index is 8290. The van der Waals surface area contributed by atoms with Crippen molar-refractivity contribution < 1.29 is 0 Å². The van der Waals surface area contributed by atoms with Gasteiger partial charge in [-0.3, -0.25) is 0 Å². The number of hydrogen-bond donors (Lipinski definition) is 0. The fourth-order valence-corrected chi connectivity index (χ4v) is 22.7. The molecule has 0 saturated carbocycles. The molecule has 0 amide bonds. The minimum atomic E-state index is -0.670. The molecule has 0 radical (unpaired) electrons. The van der Waals surface area contributed by atoms with Crippen LogP contribution in [0.3, 0.4) is 0 Å². The molecule has 652 valence electrons. The summed E-state index contributed by atoms with van der Waals surface area (Å²) in [4.78, 5) is 41.3. The predicted molar refractivity (Wildman–Crippen MR) is 573 cm³/mol. The molecule has 28 rings (SSSR count). The molecule has 4 aromatic heterocycles. The van der Waals surface area contributed by atoms with Crippen molar-refractivity contribution in [1.29, 1.82) is 0 Å². The Hall–Kier alpha value is -18.6. The monoisotopic (exact) mass is 1780 g/mol. The average molecular weight is 1780 g/mol. The Labute approximate surface area is 810 Å². The molecule has 20 aromatic carbocycles. The number of anilines is 6. The van der Waals surface area contributed by atoms with Gasteiger partial charge in [-0.15, -0.1) is 0 Å². The zero-order valence-corrected chi connectivity index (χ0v) is 75.9. The molecule has 0 N–H and O–H groups in total. The third-order valence-corrected chi connectivity index (χ3v) is 28.8. The maximum Gasteiger partial charge on any atom is 0.164 e. The highest BCUT2D eigenvalue weighted by Gasteiger charge is 2.55. The molecular formula is C131H83N9. The molecule has 140 heavy (non-hydrogen) atoms. The molecule has 0 atom stereocenters. The van der Waals surface area contributed by atoms with Crippen molar-refractivity contribution in [2.45, 2.75) is 10.8 Å². The Morgan fingerprint density at radius 2 is 0.421 bits per heavy atom. The molecular weight excluding hydrogens is 1700 g/mol. The van der Waals surface area contributed by atoms with E-state index in [1.807, 2.05) is 84.9 Å². The van der Waals surface area contributed by atoms with Crippen LogP contribution in [0.2, 0.25) is 0 Å². The Morgan fingerprint density at radius 3 is 0.786 bits per heavy atom. The van der Waals surface area contributed by atoms with Crippen LogP contribution in [-0.2, 0) is 10.8 Å². The lowest BCUT2D eigenvalue weighted by atomic mass is 9.63. The van der Waals surface area contributed by atoms with E-state index in [4.69, 9.17) is 34.9 Å². The van der Waals surface area contributed by atoms with Crippen molar-refractivity contribution in [3.05, 3.63) is 548 Å². The summed E-state index contributed by atoms with van der Waals surface area (Å²) in [5, 5.41) is 6.84. The zero-order valence-electron chi connectivity index (χ0n) is 75.9. The van der Waals surface area contributed by atoms with Crippen molar-refractivity contribution in [2.24, 2.45) is 0 Å². The fourth-order valence-electron chi connectivity index (χ4n) is 22.7. The number of benzene rings is 20. The number of rotatable bonds is 12. The average Bonchev–Trinajstić information content (AvgIpc) is 1.46. The lowest BCUT2D eigenvalue weighted by Crippen LogP contribution is -2.36. The fraction of sp³-hybridized carbons (Fsp3) is 0.0153. The van der Waals surface area contributed by atoms with Crippen LogP contribution >= 0.6 is 0 Å². The lowest BCUT2D eigenvalue weighted by molar-refractivity contribution is 0.755. The van der Waals surface area contributed by atoms with E-state index >= 15 is 0 Å². The SMILES string of the molecule is c1ccc(-c2cc(-c3ccc(-c4cccc5c4N(c4ccccc4)c4cc6c(-c7ccccc7)nc7ccccc7c6cc4C54c5ccccc5-c5ccccc54)cc3)nc(-c3ccccc3)n2)cc1.c1ccc(-c2nc(-c3ccccc3)nc(-c3ccc(-c4cccc5c4N(c4ccccc4)c4cc6c(-c7ccccc7)nc7ccccc7c6cc4C54c5ccccc5-c5ccccc54)cc3)n2)cc1. The van der Waals surface area contributed by atoms with E-state index in [1.54, 1.807) is 0 Å². The van der Waals surface area contributed by atoms with Gasteiger partial charge in [0.05, 0.1) is 67.4 Å². The summed E-state index contributed by atoms with van der Waals surface area (Å²) in [5.41, 5.74) is 38.5. The van der Waals surface area contributed by atoms with Crippen LogP contribution in [0.1, 0.15) is 44.5 Å². The van der Waals surface area contributed by atoms with Gasteiger partial charge in [0.15, 0.2) is 23.3 Å². The highest BCUT2D eigenvalue weighted by atomic mass is 15.2. The van der Waals surface area contributed by atoms with Crippen molar-refractivity contribution in [3.8, 4) is 135 Å². The topological polar surface area (TPSA) is 96.7 Å². The Kier molecular flexibility index (Phi) is 19.2. The Morgan fingerprint density at radius 1 is 0.157 bits per heavy atom. The third kappa shape index (κ3) is 13.0. The first-order valence-electron chi connectivity index (χ1n) is 47.7. The van der Waals surface area contributed by atoms with Crippen molar-refractivity contribution in [1.82, 2.24) is 34.9 Å². The van der Waals surface area contributed by atoms with E-state index in [9.17, 15) is 0 Å². The van der Waals surface area contributed by atoms with Crippen LogP contribution in [-0.4, -0.2) is 34.9 Å². The molecule has 9 nitrogen and oxygen atoms in total. The number of fused-ring (bicyclic) bond motifs is 24. The van der Waals surface area contributed by atoms with Gasteiger partial charge in [0.2, 0.25) is 0 Å². The van der Waals surface area contributed by atoms with Crippen LogP contribution in [0, 0.1) is 0 Å². The third-order valence-electron chi connectivity index (χ3n) is 28.8. The predicted octanol–water partition coefficient (Wildman–Crippen LogP) is 32.7. The molecule has 9 heteroatoms. The van der Waals surface area contributed by atoms with Crippen LogP contribution < -0.4 is 9.80 Å². The van der Waals surface area contributed by atoms with Crippen LogP contribution in [0.5, 0.6) is 0 Å². The molecule has 0 saturated heterocycles. The normalized spacial score (nSPS) is 12.9. The van der Waals surface area contributed by atoms with E-state index in [0.717, 1.165) is 156 Å². The minimum absolute atomic E-state index is 0.620. The van der Waals surface area contributed by atoms with Crippen LogP contribution in [0.25, 0.3) is 178 Å². The highest BCUT2D eigenvalue weighted by molar-refractivity contribution is 6.17. The summed E-state index contributed by atoms with van der Waals surface area (Å²) in [7, 11) is 0. The summed E-state index contributed by atoms with van der Waals surface area (Å²) >= 11 is 0. The van der Waals surface area contributed by atoms with Gasteiger partial charge in [-0.25, -0.2) is 34.9 Å². The van der Waals surface area contributed by atoms with Crippen molar-refractivity contribution in [3.63, 3.8) is 0 Å². The summed E-state index contributed by atoms with van der Waals surface area (Å²) < 4.78 is 0. The second-order valence-electron chi connectivity index (χ2n) is 36.3. The number of pyridine rings is 2. The number of para-hydroxylation sites is 6. The van der Waals surface area contributed by atoms with Crippen molar-refractivity contribution >= 4 is 77.5 Å². The molecule has 6 heterocycles. The maximum atomic E-state index is 5.44. The molecule has 4 aliphatic rings. The van der Waals surface area contributed by atoms with Gasteiger partial charge in [0.1, 0.15) is 0 Å². The number of hydrogen-bond acceptors (Lipinski definition) is 9. The highest BCUT2D eigenvalue weighted by Crippen LogP contribution is 2.68. The minimum Gasteiger partial charge on any atom is -0.309 e. The standard InChI is InChI=1S/C66H42N4.C65H41N5/c1-5-20-44(21-6-1)60-42-61(69-65(68-60)47-24-9-3-10-25-47)45-38-36-43(37-39-45)49-31-19-34-57-64(49)70(48-26-11-4-12-27-48)62-41-54-53(52-30-15-18-35-59(52)67-63(54)46-22-7-2-8-23-46)40-58(62)66(57)55-32-16-13-28-50(55)51-29-14-17-33-56(51)66;1-5-20-43(21-6-1)60-53-41-59-57(40-52(53)51-30-15-18-35-58(51)66-60)65(54-32-16-13-28-49(54)50-29-14-17-33-55(50)65)56-34-19-31-48(61(56)70(59)47-26-11-4-12-27-47)42-36-38-46(39-37-42)64-68-62(44-22-7-2-8-23-44)67-63(69-64)45-24-9-3-10-25-45/h1-42H;1-41H. The molecule has 0 unspecified atom stereocenters. The van der Waals surface area contributed by atoms with Gasteiger partial charge in [-0.05, 0) is 155 Å². The summed E-state index contributed by atoms with van der Waals surface area (Å²) in [6.07, 6.45) is 0. The quantitative estimate of drug-likeness (QED) is 0.111. The van der Waals surface area contributed by atoms with Gasteiger partial charge in [-0.1, -0.05) is 437 Å². The first-order chi connectivity index (χ1) is 69.4. The summed E-state index contributed by atoms with van der Waals surface area (Å²) in [6.45, 7) is 0. The molecule has 2 aliphatic heterocycles. The summed E-state index contributed by atoms with van der Waals surface area (Å²) in [5.74, 6) is 2.59. The van der Waals surface area contributed by atoms with E-state index < -0.39 is 10.8 Å². The molecule has 2 aliphatic carbocycles. The van der Waals surface area contributed by atoms with Gasteiger partial charge in [-0.2, -0.15) is 0 Å². The van der Waals surface area contributed by atoms with E-state index in [-0.39, 0.29) is 0 Å². The van der Waals surface area contributed by atoms with E-state index in [1.165, 1.54) is 77.5 Å². The maximum absolute atomic E-state index is 5.44. The second kappa shape index (κ2) is 33.2. The smallest absolute Gasteiger partial charge is 0.164 e. The van der Waals surface area contributed by atoms with Crippen molar-refractivity contribution in [2.75, 3.05) is 9.80 Å². The van der Waals surface area contributed by atoms with Crippen LogP contribution in [0.15, 0.2) is 504 Å². The first-order valence-corrected chi connectivity index (χ1v) is 47.7. The van der Waals surface area contributed by atoms with Gasteiger partial charge < -0.3 is 9.80 Å². The van der Waals surface area contributed by atoms with E-state index in [0.29, 0.717) is 23.3 Å². The molecule has 0 fully saturated rings. The number of nitrogens with zero attached hydrogens (tertiary/aromatic N) is 9. The number of aromatic nitrogens is 7. The molecule has 2 spiro atoms. The molecule has 24 aromatic rings. The van der Waals surface area contributed by atoms with Gasteiger partial charge >= 0.3 is 0 Å². The Balaban J connectivity index is 0.000000141. The molecule has 0 bridgehead atoms. The summed E-state index contributed by atoms with van der Waals surface area (Å²) in [6, 6.07) is 181. The van der Waals surface area contributed by atoms with Crippen LogP contribution in [0.4, 0.5) is 34.1 Å². The van der Waals surface area contributed by atoms with Gasteiger partial charge in [0, 0.05) is 88.6 Å². The zero-order chi connectivity index (χ0) is 92.4. The lowest BCUT2D eigenvalue weighted by Gasteiger charge is -2.46.